The van der Waals surface area contributed by atoms with Crippen LogP contribution in [0.1, 0.15) is 18.4 Å². The Morgan fingerprint density at radius 1 is 0.879 bits per heavy atom. The van der Waals surface area contributed by atoms with Crippen molar-refractivity contribution in [3.05, 3.63) is 54.1 Å². The molecular weight excluding hydrogens is 440 g/mol. The number of aliphatic hydroxyl groups is 1. The first-order valence-corrected chi connectivity index (χ1v) is 13.0. The molecule has 0 spiro atoms. The fraction of sp³-hybridized carbons (Fsp3) is 0.458. The first kappa shape index (κ1) is 23.7. The van der Waals surface area contributed by atoms with Gasteiger partial charge in [-0.05, 0) is 61.2 Å². The first-order chi connectivity index (χ1) is 16.0. The molecule has 0 bridgehead atoms. The summed E-state index contributed by atoms with van der Waals surface area (Å²) < 4.78 is 26.8. The lowest BCUT2D eigenvalue weighted by molar-refractivity contribution is -0.117. The number of benzene rings is 2. The molecule has 4 rings (SSSR count). The summed E-state index contributed by atoms with van der Waals surface area (Å²) in [6.07, 6.45) is 2.47. The quantitative estimate of drug-likeness (QED) is 0.608. The number of hydrogen-bond acceptors (Lipinski definition) is 6. The monoisotopic (exact) mass is 472 g/mol. The SMILES string of the molecule is O=C(CN1CCN(c2ccc(CCO)cc2)CC1)Nc1ccc(S(=O)(=O)N2CCCC2)cc1. The Kier molecular flexibility index (Phi) is 7.64. The Labute approximate surface area is 195 Å². The molecule has 2 N–H and O–H groups in total. The van der Waals surface area contributed by atoms with E-state index in [0.717, 1.165) is 50.3 Å². The summed E-state index contributed by atoms with van der Waals surface area (Å²) in [5.74, 6) is -0.105. The lowest BCUT2D eigenvalue weighted by Crippen LogP contribution is -2.48. The molecule has 2 heterocycles. The van der Waals surface area contributed by atoms with E-state index < -0.39 is 10.0 Å². The Morgan fingerprint density at radius 3 is 2.12 bits per heavy atom. The predicted molar refractivity (Wildman–Crippen MR) is 129 cm³/mol. The maximum Gasteiger partial charge on any atom is 0.243 e. The molecule has 0 radical (unpaired) electrons. The minimum atomic E-state index is -3.44. The van der Waals surface area contributed by atoms with Crippen LogP contribution in [0.15, 0.2) is 53.4 Å². The maximum absolute atomic E-state index is 12.6. The molecule has 2 aliphatic heterocycles. The summed E-state index contributed by atoms with van der Waals surface area (Å²) in [5, 5.41) is 11.9. The van der Waals surface area contributed by atoms with Gasteiger partial charge in [0, 0.05) is 57.3 Å². The van der Waals surface area contributed by atoms with Crippen LogP contribution in [-0.4, -0.2) is 81.1 Å². The summed E-state index contributed by atoms with van der Waals surface area (Å²) in [6.45, 7) is 4.87. The summed E-state index contributed by atoms with van der Waals surface area (Å²) >= 11 is 0. The Morgan fingerprint density at radius 2 is 1.52 bits per heavy atom. The standard InChI is InChI=1S/C24H32N4O4S/c29-18-11-20-3-7-22(8-4-20)27-16-14-26(15-17-27)19-24(30)25-21-5-9-23(10-6-21)33(31,32)28-12-1-2-13-28/h3-10,29H,1-2,11-19H2,(H,25,30). The number of piperazine rings is 1. The molecule has 178 valence electrons. The highest BCUT2D eigenvalue weighted by molar-refractivity contribution is 7.89. The number of carbonyl (C=O) groups is 1. The van der Waals surface area contributed by atoms with Gasteiger partial charge in [-0.15, -0.1) is 0 Å². The van der Waals surface area contributed by atoms with E-state index in [4.69, 9.17) is 5.11 Å². The number of sulfonamides is 1. The van der Waals surface area contributed by atoms with Gasteiger partial charge < -0.3 is 15.3 Å². The van der Waals surface area contributed by atoms with Crippen molar-refractivity contribution in [3.63, 3.8) is 0 Å². The number of anilines is 2. The molecule has 8 nitrogen and oxygen atoms in total. The van der Waals surface area contributed by atoms with Crippen LogP contribution in [0.2, 0.25) is 0 Å². The third-order valence-corrected chi connectivity index (χ3v) is 8.20. The molecule has 1 amide bonds. The van der Waals surface area contributed by atoms with Gasteiger partial charge in [-0.25, -0.2) is 8.42 Å². The third-order valence-electron chi connectivity index (χ3n) is 6.28. The second-order valence-corrected chi connectivity index (χ2v) is 10.5. The predicted octanol–water partition coefficient (Wildman–Crippen LogP) is 1.77. The van der Waals surface area contributed by atoms with E-state index in [1.807, 2.05) is 12.1 Å². The molecule has 0 atom stereocenters. The molecule has 2 fully saturated rings. The summed E-state index contributed by atoms with van der Waals surface area (Å²) in [4.78, 5) is 17.2. The van der Waals surface area contributed by atoms with Gasteiger partial charge in [0.25, 0.3) is 0 Å². The molecule has 0 aliphatic carbocycles. The third kappa shape index (κ3) is 5.92. The van der Waals surface area contributed by atoms with E-state index in [1.165, 1.54) is 4.31 Å². The molecule has 0 aromatic heterocycles. The zero-order valence-electron chi connectivity index (χ0n) is 18.8. The molecular formula is C24H32N4O4S. The lowest BCUT2D eigenvalue weighted by atomic mass is 10.1. The number of nitrogens with zero attached hydrogens (tertiary/aromatic N) is 3. The maximum atomic E-state index is 12.6. The van der Waals surface area contributed by atoms with E-state index in [1.54, 1.807) is 24.3 Å². The van der Waals surface area contributed by atoms with Crippen molar-refractivity contribution in [2.75, 3.05) is 62.6 Å². The van der Waals surface area contributed by atoms with Crippen molar-refractivity contribution in [1.29, 1.82) is 0 Å². The molecule has 0 saturated carbocycles. The molecule has 9 heteroatoms. The number of rotatable bonds is 8. The Bertz CT molecular complexity index is 1030. The van der Waals surface area contributed by atoms with Crippen LogP contribution >= 0.6 is 0 Å². The van der Waals surface area contributed by atoms with E-state index in [9.17, 15) is 13.2 Å². The van der Waals surface area contributed by atoms with Crippen molar-refractivity contribution < 1.29 is 18.3 Å². The van der Waals surface area contributed by atoms with Crippen molar-refractivity contribution in [2.24, 2.45) is 0 Å². The van der Waals surface area contributed by atoms with Crippen LogP contribution in [0.3, 0.4) is 0 Å². The van der Waals surface area contributed by atoms with E-state index in [-0.39, 0.29) is 17.4 Å². The zero-order chi connectivity index (χ0) is 23.3. The van der Waals surface area contributed by atoms with Crippen molar-refractivity contribution in [2.45, 2.75) is 24.2 Å². The Balaban J connectivity index is 1.25. The fourth-order valence-corrected chi connectivity index (χ4v) is 5.88. The van der Waals surface area contributed by atoms with Crippen molar-refractivity contribution in [3.8, 4) is 0 Å². The molecule has 0 unspecified atom stereocenters. The van der Waals surface area contributed by atoms with Crippen LogP contribution in [0.25, 0.3) is 0 Å². The highest BCUT2D eigenvalue weighted by atomic mass is 32.2. The molecule has 2 aliphatic rings. The molecule has 2 saturated heterocycles. The van der Waals surface area contributed by atoms with Gasteiger partial charge in [0.05, 0.1) is 11.4 Å². The topological polar surface area (TPSA) is 93.2 Å². The average molecular weight is 473 g/mol. The van der Waals surface area contributed by atoms with Gasteiger partial charge in [-0.1, -0.05) is 12.1 Å². The summed E-state index contributed by atoms with van der Waals surface area (Å²) in [7, 11) is -3.44. The van der Waals surface area contributed by atoms with Crippen LogP contribution in [0, 0.1) is 0 Å². The number of hydrogen-bond donors (Lipinski definition) is 2. The number of aliphatic hydroxyl groups excluding tert-OH is 1. The number of nitrogens with one attached hydrogen (secondary N) is 1. The summed E-state index contributed by atoms with van der Waals surface area (Å²) in [5.41, 5.74) is 2.88. The Hall–Kier alpha value is -2.46. The highest BCUT2D eigenvalue weighted by Gasteiger charge is 2.27. The van der Waals surface area contributed by atoms with Gasteiger partial charge in [0.2, 0.25) is 15.9 Å². The normalized spacial score (nSPS) is 17.9. The van der Waals surface area contributed by atoms with Gasteiger partial charge in [-0.3, -0.25) is 9.69 Å². The van der Waals surface area contributed by atoms with Crippen LogP contribution < -0.4 is 10.2 Å². The zero-order valence-corrected chi connectivity index (χ0v) is 19.6. The average Bonchev–Trinajstić information content (AvgIpc) is 3.37. The molecule has 2 aromatic carbocycles. The van der Waals surface area contributed by atoms with E-state index in [0.29, 0.717) is 31.7 Å². The van der Waals surface area contributed by atoms with E-state index in [2.05, 4.69) is 27.2 Å². The van der Waals surface area contributed by atoms with Gasteiger partial charge in [0.1, 0.15) is 0 Å². The van der Waals surface area contributed by atoms with Crippen molar-refractivity contribution in [1.82, 2.24) is 9.21 Å². The number of amides is 1. The van der Waals surface area contributed by atoms with Crippen LogP contribution in [0.4, 0.5) is 11.4 Å². The van der Waals surface area contributed by atoms with Gasteiger partial charge >= 0.3 is 0 Å². The highest BCUT2D eigenvalue weighted by Crippen LogP contribution is 2.22. The van der Waals surface area contributed by atoms with E-state index >= 15 is 0 Å². The molecule has 2 aromatic rings. The summed E-state index contributed by atoms with van der Waals surface area (Å²) in [6, 6.07) is 14.7. The lowest BCUT2D eigenvalue weighted by Gasteiger charge is -2.35. The largest absolute Gasteiger partial charge is 0.396 e. The molecule has 33 heavy (non-hydrogen) atoms. The minimum Gasteiger partial charge on any atom is -0.396 e. The van der Waals surface area contributed by atoms with Gasteiger partial charge in [-0.2, -0.15) is 4.31 Å². The van der Waals surface area contributed by atoms with Crippen LogP contribution in [0.5, 0.6) is 0 Å². The first-order valence-electron chi connectivity index (χ1n) is 11.5. The second-order valence-electron chi connectivity index (χ2n) is 8.59. The fourth-order valence-electron chi connectivity index (χ4n) is 4.36. The van der Waals surface area contributed by atoms with Gasteiger partial charge in [0.15, 0.2) is 0 Å². The number of carbonyl (C=O) groups excluding carboxylic acids is 1. The van der Waals surface area contributed by atoms with Crippen LogP contribution in [-0.2, 0) is 21.2 Å². The smallest absolute Gasteiger partial charge is 0.243 e. The minimum absolute atomic E-state index is 0.105. The second kappa shape index (κ2) is 10.6. The van der Waals surface area contributed by atoms with Crippen molar-refractivity contribution >= 4 is 27.3 Å².